The van der Waals surface area contributed by atoms with Crippen molar-refractivity contribution in [1.29, 1.82) is 0 Å². The zero-order valence-electron chi connectivity index (χ0n) is 8.37. The van der Waals surface area contributed by atoms with Gasteiger partial charge in [-0.15, -0.1) is 11.3 Å². The third kappa shape index (κ3) is 2.59. The number of rotatable bonds is 4. The van der Waals surface area contributed by atoms with E-state index in [1.165, 1.54) is 22.2 Å². The zero-order valence-corrected chi connectivity index (χ0v) is 10.8. The second-order valence-corrected chi connectivity index (χ2v) is 4.94. The van der Waals surface area contributed by atoms with E-state index in [4.69, 9.17) is 0 Å². The molecule has 2 aromatic heterocycles. The Bertz CT molecular complexity index is 578. The summed E-state index contributed by atoms with van der Waals surface area (Å²) in [5.74, 6) is -0.134. The van der Waals surface area contributed by atoms with Crippen LogP contribution in [-0.2, 0) is 6.54 Å². The van der Waals surface area contributed by atoms with Gasteiger partial charge in [0.05, 0.1) is 9.80 Å². The van der Waals surface area contributed by atoms with E-state index in [2.05, 4.69) is 21.0 Å². The summed E-state index contributed by atoms with van der Waals surface area (Å²) in [4.78, 5) is 22.3. The van der Waals surface area contributed by atoms with Gasteiger partial charge in [0, 0.05) is 4.47 Å². The summed E-state index contributed by atoms with van der Waals surface area (Å²) in [5, 5.41) is 16.0. The molecule has 0 bridgehead atoms. The Balaban J connectivity index is 2.13. The van der Waals surface area contributed by atoms with Gasteiger partial charge in [-0.05, 0) is 27.4 Å². The molecule has 0 N–H and O–H groups in total. The molecular formula is C9H6BrN3O3S. The van der Waals surface area contributed by atoms with Crippen molar-refractivity contribution in [1.82, 2.24) is 9.78 Å². The summed E-state index contributed by atoms with van der Waals surface area (Å²) in [5.41, 5.74) is -0.122. The summed E-state index contributed by atoms with van der Waals surface area (Å²) in [7, 11) is 0. The molecule has 0 saturated heterocycles. The maximum absolute atomic E-state index is 11.8. The van der Waals surface area contributed by atoms with Crippen molar-refractivity contribution >= 4 is 38.7 Å². The highest BCUT2D eigenvalue weighted by molar-refractivity contribution is 9.10. The van der Waals surface area contributed by atoms with Crippen LogP contribution in [0.3, 0.4) is 0 Å². The van der Waals surface area contributed by atoms with Crippen molar-refractivity contribution < 1.29 is 9.72 Å². The lowest BCUT2D eigenvalue weighted by molar-refractivity contribution is -0.385. The molecule has 0 aliphatic heterocycles. The molecule has 0 radical (unpaired) electrons. The maximum atomic E-state index is 11.8. The van der Waals surface area contributed by atoms with E-state index in [0.29, 0.717) is 4.88 Å². The van der Waals surface area contributed by atoms with Gasteiger partial charge in [0.2, 0.25) is 0 Å². The Labute approximate surface area is 108 Å². The monoisotopic (exact) mass is 315 g/mol. The highest BCUT2D eigenvalue weighted by atomic mass is 79.9. The number of Topliss-reactive ketones (excluding diaryl/α,β-unsaturated/α-hetero) is 1. The van der Waals surface area contributed by atoms with Crippen LogP contribution in [0.2, 0.25) is 0 Å². The Morgan fingerprint density at radius 2 is 2.41 bits per heavy atom. The predicted molar refractivity (Wildman–Crippen MR) is 65.2 cm³/mol. The number of halogens is 1. The summed E-state index contributed by atoms with van der Waals surface area (Å²) in [6, 6.07) is 1.78. The van der Waals surface area contributed by atoms with Crippen molar-refractivity contribution in [3.63, 3.8) is 0 Å². The van der Waals surface area contributed by atoms with E-state index in [9.17, 15) is 14.9 Å². The Morgan fingerprint density at radius 1 is 1.65 bits per heavy atom. The summed E-state index contributed by atoms with van der Waals surface area (Å²) >= 11 is 4.58. The normalized spacial score (nSPS) is 10.4. The fourth-order valence-electron chi connectivity index (χ4n) is 1.25. The number of carbonyl (C=O) groups is 1. The lowest BCUT2D eigenvalue weighted by Crippen LogP contribution is -2.09. The molecule has 6 nitrogen and oxygen atoms in total. The molecule has 0 spiro atoms. The molecule has 0 atom stereocenters. The van der Waals surface area contributed by atoms with Crippen molar-refractivity contribution in [2.45, 2.75) is 6.54 Å². The van der Waals surface area contributed by atoms with Crippen molar-refractivity contribution in [3.05, 3.63) is 43.3 Å². The Morgan fingerprint density at radius 3 is 2.94 bits per heavy atom. The maximum Gasteiger partial charge on any atom is 0.307 e. The number of hydrogen-bond acceptors (Lipinski definition) is 5. The van der Waals surface area contributed by atoms with Crippen molar-refractivity contribution in [3.8, 4) is 0 Å². The molecule has 8 heteroatoms. The van der Waals surface area contributed by atoms with Crippen LogP contribution in [-0.4, -0.2) is 20.5 Å². The van der Waals surface area contributed by atoms with E-state index >= 15 is 0 Å². The molecule has 0 unspecified atom stereocenters. The van der Waals surface area contributed by atoms with Gasteiger partial charge in [-0.2, -0.15) is 5.10 Å². The first-order chi connectivity index (χ1) is 8.08. The van der Waals surface area contributed by atoms with Gasteiger partial charge in [0.25, 0.3) is 0 Å². The molecule has 0 amide bonds. The van der Waals surface area contributed by atoms with Crippen LogP contribution in [0.1, 0.15) is 9.67 Å². The predicted octanol–water partition coefficient (Wildman–Crippen LogP) is 2.50. The lowest BCUT2D eigenvalue weighted by Gasteiger charge is -1.98. The molecule has 2 rings (SSSR count). The van der Waals surface area contributed by atoms with E-state index in [1.54, 1.807) is 11.4 Å². The number of thiophene rings is 1. The van der Waals surface area contributed by atoms with Crippen LogP contribution in [0, 0.1) is 10.1 Å². The minimum atomic E-state index is -0.547. The molecule has 0 fully saturated rings. The van der Waals surface area contributed by atoms with Gasteiger partial charge < -0.3 is 0 Å². The highest BCUT2D eigenvalue weighted by Crippen LogP contribution is 2.23. The van der Waals surface area contributed by atoms with Gasteiger partial charge in [-0.25, -0.2) is 0 Å². The number of nitrogens with zero attached hydrogens (tertiary/aromatic N) is 3. The van der Waals surface area contributed by atoms with Gasteiger partial charge in [0.15, 0.2) is 5.78 Å². The van der Waals surface area contributed by atoms with Crippen LogP contribution in [0.4, 0.5) is 5.69 Å². The van der Waals surface area contributed by atoms with Gasteiger partial charge in [0.1, 0.15) is 18.9 Å². The minimum absolute atomic E-state index is 0.00699. The van der Waals surface area contributed by atoms with Crippen LogP contribution >= 0.6 is 27.3 Å². The van der Waals surface area contributed by atoms with Crippen LogP contribution < -0.4 is 0 Å². The molecule has 2 heterocycles. The van der Waals surface area contributed by atoms with E-state index in [-0.39, 0.29) is 18.0 Å². The molecule has 0 aromatic carbocycles. The van der Waals surface area contributed by atoms with Crippen LogP contribution in [0.15, 0.2) is 28.3 Å². The molecule has 0 aliphatic carbocycles. The third-order valence-corrected chi connectivity index (χ3v) is 3.89. The number of carbonyl (C=O) groups excluding carboxylic acids is 1. The molecule has 88 valence electrons. The van der Waals surface area contributed by atoms with E-state index < -0.39 is 4.92 Å². The lowest BCUT2D eigenvalue weighted by atomic mass is 10.3. The third-order valence-electron chi connectivity index (χ3n) is 2.01. The second-order valence-electron chi connectivity index (χ2n) is 3.17. The average molecular weight is 316 g/mol. The van der Waals surface area contributed by atoms with E-state index in [1.807, 2.05) is 0 Å². The van der Waals surface area contributed by atoms with Crippen LogP contribution in [0.5, 0.6) is 0 Å². The topological polar surface area (TPSA) is 78.0 Å². The second kappa shape index (κ2) is 4.76. The SMILES string of the molecule is O=C(Cn1cc([N+](=O)[O-])cn1)c1sccc1Br. The molecule has 0 saturated carbocycles. The fraction of sp³-hybridized carbons (Fsp3) is 0.111. The molecule has 0 aliphatic rings. The highest BCUT2D eigenvalue weighted by Gasteiger charge is 2.15. The smallest absolute Gasteiger partial charge is 0.291 e. The Kier molecular flexibility index (Phi) is 3.34. The number of aromatic nitrogens is 2. The first kappa shape index (κ1) is 11.9. The molecule has 2 aromatic rings. The summed E-state index contributed by atoms with van der Waals surface area (Å²) in [6.45, 7) is -0.00699. The first-order valence-corrected chi connectivity index (χ1v) is 6.18. The van der Waals surface area contributed by atoms with Gasteiger partial charge in [-0.3, -0.25) is 19.6 Å². The first-order valence-electron chi connectivity index (χ1n) is 4.51. The van der Waals surface area contributed by atoms with Crippen molar-refractivity contribution in [2.75, 3.05) is 0 Å². The zero-order chi connectivity index (χ0) is 12.4. The number of ketones is 1. The largest absolute Gasteiger partial charge is 0.307 e. The van der Waals surface area contributed by atoms with Gasteiger partial charge >= 0.3 is 5.69 Å². The van der Waals surface area contributed by atoms with Crippen LogP contribution in [0.25, 0.3) is 0 Å². The van der Waals surface area contributed by atoms with E-state index in [0.717, 1.165) is 10.7 Å². The number of nitro groups is 1. The molecule has 17 heavy (non-hydrogen) atoms. The van der Waals surface area contributed by atoms with Crippen molar-refractivity contribution in [2.24, 2.45) is 0 Å². The average Bonchev–Trinajstić information content (AvgIpc) is 2.86. The number of hydrogen-bond donors (Lipinski definition) is 0. The minimum Gasteiger partial charge on any atom is -0.291 e. The molecular weight excluding hydrogens is 310 g/mol. The standard InChI is InChI=1S/C9H6BrN3O3S/c10-7-1-2-17-9(7)8(14)5-12-4-6(3-11-12)13(15)16/h1-4H,5H2. The summed E-state index contributed by atoms with van der Waals surface area (Å²) < 4.78 is 1.99. The van der Waals surface area contributed by atoms with Gasteiger partial charge in [-0.1, -0.05) is 0 Å². The fourth-order valence-corrected chi connectivity index (χ4v) is 2.77. The quantitative estimate of drug-likeness (QED) is 0.493. The Hall–Kier alpha value is -1.54. The summed E-state index contributed by atoms with van der Waals surface area (Å²) in [6.07, 6.45) is 2.36.